The lowest BCUT2D eigenvalue weighted by Gasteiger charge is -2.28. The molecule has 22 heavy (non-hydrogen) atoms. The van der Waals surface area contributed by atoms with E-state index in [1.165, 1.54) is 22.3 Å². The SMILES string of the molecule is CCc1ccc2c(c1)C(c1ccc(OC)c(OC)c1)NCC2. The van der Waals surface area contributed by atoms with Crippen LogP contribution in [0.1, 0.15) is 35.2 Å². The van der Waals surface area contributed by atoms with Gasteiger partial charge in [0.15, 0.2) is 11.5 Å². The van der Waals surface area contributed by atoms with E-state index in [4.69, 9.17) is 9.47 Å². The third-order valence-electron chi connectivity index (χ3n) is 4.41. The summed E-state index contributed by atoms with van der Waals surface area (Å²) in [5.74, 6) is 1.55. The molecule has 0 spiro atoms. The van der Waals surface area contributed by atoms with Gasteiger partial charge in [-0.15, -0.1) is 0 Å². The maximum absolute atomic E-state index is 5.45. The number of aryl methyl sites for hydroxylation is 1. The largest absolute Gasteiger partial charge is 0.493 e. The average molecular weight is 297 g/mol. The van der Waals surface area contributed by atoms with Crippen LogP contribution in [-0.4, -0.2) is 20.8 Å². The van der Waals surface area contributed by atoms with Crippen LogP contribution in [0, 0.1) is 0 Å². The Morgan fingerprint density at radius 3 is 2.59 bits per heavy atom. The van der Waals surface area contributed by atoms with Crippen LogP contribution >= 0.6 is 0 Å². The van der Waals surface area contributed by atoms with Crippen molar-refractivity contribution in [1.82, 2.24) is 5.32 Å². The van der Waals surface area contributed by atoms with Crippen molar-refractivity contribution in [3.63, 3.8) is 0 Å². The van der Waals surface area contributed by atoms with Crippen molar-refractivity contribution in [1.29, 1.82) is 0 Å². The van der Waals surface area contributed by atoms with Crippen molar-refractivity contribution in [3.8, 4) is 11.5 Å². The zero-order chi connectivity index (χ0) is 15.5. The molecule has 3 rings (SSSR count). The number of hydrogen-bond donors (Lipinski definition) is 1. The summed E-state index contributed by atoms with van der Waals surface area (Å²) < 4.78 is 10.8. The lowest BCUT2D eigenvalue weighted by molar-refractivity contribution is 0.354. The van der Waals surface area contributed by atoms with Gasteiger partial charge in [0.05, 0.1) is 20.3 Å². The minimum atomic E-state index is 0.218. The third-order valence-corrected chi connectivity index (χ3v) is 4.41. The maximum atomic E-state index is 5.45. The van der Waals surface area contributed by atoms with Crippen LogP contribution in [0.25, 0.3) is 0 Å². The van der Waals surface area contributed by atoms with Gasteiger partial charge >= 0.3 is 0 Å². The Morgan fingerprint density at radius 1 is 1.05 bits per heavy atom. The summed E-state index contributed by atoms with van der Waals surface area (Å²) in [6.45, 7) is 3.20. The quantitative estimate of drug-likeness (QED) is 0.937. The van der Waals surface area contributed by atoms with Gasteiger partial charge in [0, 0.05) is 6.54 Å². The Labute approximate surface area is 132 Å². The predicted octanol–water partition coefficient (Wildman–Crippen LogP) is 3.50. The first-order valence-electron chi connectivity index (χ1n) is 7.83. The number of hydrogen-bond acceptors (Lipinski definition) is 3. The molecule has 0 radical (unpaired) electrons. The Morgan fingerprint density at radius 2 is 1.86 bits per heavy atom. The lowest BCUT2D eigenvalue weighted by atomic mass is 9.88. The molecule has 3 heteroatoms. The summed E-state index contributed by atoms with van der Waals surface area (Å²) in [5, 5.41) is 3.64. The molecular formula is C19H23NO2. The monoisotopic (exact) mass is 297 g/mol. The van der Waals surface area contributed by atoms with Crippen molar-refractivity contribution >= 4 is 0 Å². The molecule has 0 saturated carbocycles. The molecule has 0 amide bonds. The summed E-state index contributed by atoms with van der Waals surface area (Å²) in [4.78, 5) is 0. The fraction of sp³-hybridized carbons (Fsp3) is 0.368. The van der Waals surface area contributed by atoms with Crippen LogP contribution in [0.5, 0.6) is 11.5 Å². The van der Waals surface area contributed by atoms with Crippen molar-refractivity contribution in [3.05, 3.63) is 58.7 Å². The van der Waals surface area contributed by atoms with E-state index in [9.17, 15) is 0 Å². The second-order valence-electron chi connectivity index (χ2n) is 5.64. The first kappa shape index (κ1) is 14.9. The fourth-order valence-corrected chi connectivity index (χ4v) is 3.15. The van der Waals surface area contributed by atoms with Gasteiger partial charge in [0.25, 0.3) is 0 Å². The highest BCUT2D eigenvalue weighted by Crippen LogP contribution is 2.35. The number of ether oxygens (including phenoxy) is 2. The number of benzene rings is 2. The Kier molecular flexibility index (Phi) is 4.34. The van der Waals surface area contributed by atoms with E-state index in [-0.39, 0.29) is 6.04 Å². The third kappa shape index (κ3) is 2.69. The fourth-order valence-electron chi connectivity index (χ4n) is 3.15. The van der Waals surface area contributed by atoms with E-state index in [1.54, 1.807) is 14.2 Å². The Bertz CT molecular complexity index is 666. The average Bonchev–Trinajstić information content (AvgIpc) is 2.60. The first-order valence-corrected chi connectivity index (χ1v) is 7.83. The Balaban J connectivity index is 2.03. The van der Waals surface area contributed by atoms with Crippen molar-refractivity contribution < 1.29 is 9.47 Å². The van der Waals surface area contributed by atoms with Crippen molar-refractivity contribution in [2.45, 2.75) is 25.8 Å². The summed E-state index contributed by atoms with van der Waals surface area (Å²) in [6.07, 6.45) is 2.15. The van der Waals surface area contributed by atoms with E-state index in [2.05, 4.69) is 42.6 Å². The molecule has 0 saturated heterocycles. The van der Waals surface area contributed by atoms with E-state index >= 15 is 0 Å². The predicted molar refractivity (Wildman–Crippen MR) is 88.9 cm³/mol. The highest BCUT2D eigenvalue weighted by atomic mass is 16.5. The molecule has 1 heterocycles. The molecule has 0 bridgehead atoms. The second kappa shape index (κ2) is 6.41. The zero-order valence-electron chi connectivity index (χ0n) is 13.5. The van der Waals surface area contributed by atoms with Gasteiger partial charge in [-0.25, -0.2) is 0 Å². The Hall–Kier alpha value is -2.00. The summed E-state index contributed by atoms with van der Waals surface area (Å²) in [5.41, 5.74) is 5.42. The first-order chi connectivity index (χ1) is 10.8. The molecule has 1 atom stereocenters. The van der Waals surface area contributed by atoms with Gasteiger partial charge in [0.2, 0.25) is 0 Å². The minimum Gasteiger partial charge on any atom is -0.493 e. The van der Waals surface area contributed by atoms with E-state index in [0.717, 1.165) is 30.9 Å². The standard InChI is InChI=1S/C19H23NO2/c1-4-13-5-6-14-9-10-20-19(16(14)11-13)15-7-8-17(21-2)18(12-15)22-3/h5-8,11-12,19-20H,4,9-10H2,1-3H3. The molecule has 116 valence electrons. The van der Waals surface area contributed by atoms with E-state index < -0.39 is 0 Å². The number of nitrogens with one attached hydrogen (secondary N) is 1. The maximum Gasteiger partial charge on any atom is 0.161 e. The summed E-state index contributed by atoms with van der Waals surface area (Å²) in [7, 11) is 3.35. The topological polar surface area (TPSA) is 30.5 Å². The normalized spacial score (nSPS) is 17.0. The van der Waals surface area contributed by atoms with Crippen molar-refractivity contribution in [2.75, 3.05) is 20.8 Å². The second-order valence-corrected chi connectivity index (χ2v) is 5.64. The molecule has 0 aliphatic carbocycles. The van der Waals surface area contributed by atoms with Gasteiger partial charge in [-0.2, -0.15) is 0 Å². The number of methoxy groups -OCH3 is 2. The lowest BCUT2D eigenvalue weighted by Crippen LogP contribution is -2.30. The highest BCUT2D eigenvalue weighted by Gasteiger charge is 2.22. The molecule has 0 fully saturated rings. The van der Waals surface area contributed by atoms with Crippen LogP contribution in [0.15, 0.2) is 36.4 Å². The minimum absolute atomic E-state index is 0.218. The van der Waals surface area contributed by atoms with Gasteiger partial charge < -0.3 is 14.8 Å². The van der Waals surface area contributed by atoms with Crippen LogP contribution in [0.3, 0.4) is 0 Å². The smallest absolute Gasteiger partial charge is 0.161 e. The van der Waals surface area contributed by atoms with Crippen LogP contribution in [0.2, 0.25) is 0 Å². The van der Waals surface area contributed by atoms with Gasteiger partial charge in [-0.1, -0.05) is 31.2 Å². The molecule has 0 aromatic heterocycles. The van der Waals surface area contributed by atoms with Gasteiger partial charge in [-0.05, 0) is 47.2 Å². The van der Waals surface area contributed by atoms with Crippen LogP contribution in [-0.2, 0) is 12.8 Å². The molecule has 3 nitrogen and oxygen atoms in total. The summed E-state index contributed by atoms with van der Waals surface area (Å²) >= 11 is 0. The molecule has 1 N–H and O–H groups in total. The van der Waals surface area contributed by atoms with Crippen molar-refractivity contribution in [2.24, 2.45) is 0 Å². The van der Waals surface area contributed by atoms with Gasteiger partial charge in [0.1, 0.15) is 0 Å². The molecule has 1 aliphatic rings. The van der Waals surface area contributed by atoms with Crippen LogP contribution < -0.4 is 14.8 Å². The van der Waals surface area contributed by atoms with E-state index in [0.29, 0.717) is 0 Å². The molecule has 2 aromatic rings. The number of rotatable bonds is 4. The van der Waals surface area contributed by atoms with E-state index in [1.807, 2.05) is 6.07 Å². The van der Waals surface area contributed by atoms with Crippen LogP contribution in [0.4, 0.5) is 0 Å². The highest BCUT2D eigenvalue weighted by molar-refractivity contribution is 5.48. The molecule has 1 unspecified atom stereocenters. The summed E-state index contributed by atoms with van der Waals surface area (Å²) in [6, 6.07) is 13.3. The number of fused-ring (bicyclic) bond motifs is 1. The molecular weight excluding hydrogens is 274 g/mol. The zero-order valence-corrected chi connectivity index (χ0v) is 13.5. The molecule has 1 aliphatic heterocycles. The van der Waals surface area contributed by atoms with Gasteiger partial charge in [-0.3, -0.25) is 0 Å². The molecule has 2 aromatic carbocycles.